The third-order valence-electron chi connectivity index (χ3n) is 3.23. The van der Waals surface area contributed by atoms with E-state index in [0.717, 1.165) is 11.8 Å². The standard InChI is InChI=1S/C9H15NO2/c1-12-9(11)10-8-5-6-2-3-7(8)4-6/h6-8H,2-5H2,1H3,(H,10,11)/t6-,7+,8+/m1/s1. The lowest BCUT2D eigenvalue weighted by atomic mass is 9.96. The van der Waals surface area contributed by atoms with Crippen molar-refractivity contribution < 1.29 is 9.53 Å². The maximum Gasteiger partial charge on any atom is 0.407 e. The first-order valence-electron chi connectivity index (χ1n) is 4.64. The van der Waals surface area contributed by atoms with Crippen LogP contribution in [0.4, 0.5) is 4.79 Å². The number of rotatable bonds is 1. The Bertz CT molecular complexity index is 193. The van der Waals surface area contributed by atoms with Crippen molar-refractivity contribution in [3.8, 4) is 0 Å². The summed E-state index contributed by atoms with van der Waals surface area (Å²) in [5.74, 6) is 1.60. The van der Waals surface area contributed by atoms with E-state index in [2.05, 4.69) is 10.1 Å². The van der Waals surface area contributed by atoms with E-state index in [0.29, 0.717) is 6.04 Å². The molecule has 0 spiro atoms. The van der Waals surface area contributed by atoms with Gasteiger partial charge in [0.25, 0.3) is 0 Å². The number of carbonyl (C=O) groups excluding carboxylic acids is 1. The van der Waals surface area contributed by atoms with Crippen LogP contribution in [-0.4, -0.2) is 19.2 Å². The number of ether oxygens (including phenoxy) is 1. The second kappa shape index (κ2) is 2.96. The molecular formula is C9H15NO2. The fraction of sp³-hybridized carbons (Fsp3) is 0.889. The fourth-order valence-corrected chi connectivity index (χ4v) is 2.63. The summed E-state index contributed by atoms with van der Waals surface area (Å²) in [7, 11) is 1.42. The molecule has 2 saturated carbocycles. The molecule has 3 nitrogen and oxygen atoms in total. The molecule has 3 heteroatoms. The maximum atomic E-state index is 10.9. The molecule has 0 aromatic heterocycles. The molecule has 0 heterocycles. The van der Waals surface area contributed by atoms with Crippen molar-refractivity contribution in [3.63, 3.8) is 0 Å². The zero-order valence-corrected chi connectivity index (χ0v) is 7.38. The summed E-state index contributed by atoms with van der Waals surface area (Å²) >= 11 is 0. The van der Waals surface area contributed by atoms with Gasteiger partial charge in [-0.1, -0.05) is 6.42 Å². The molecule has 2 aliphatic carbocycles. The van der Waals surface area contributed by atoms with Gasteiger partial charge in [-0.3, -0.25) is 0 Å². The van der Waals surface area contributed by atoms with Crippen molar-refractivity contribution in [2.75, 3.05) is 7.11 Å². The van der Waals surface area contributed by atoms with Crippen LogP contribution in [-0.2, 0) is 4.74 Å². The first kappa shape index (κ1) is 7.90. The monoisotopic (exact) mass is 169 g/mol. The van der Waals surface area contributed by atoms with Crippen molar-refractivity contribution in [2.45, 2.75) is 31.7 Å². The minimum absolute atomic E-state index is 0.271. The lowest BCUT2D eigenvalue weighted by Gasteiger charge is -2.21. The van der Waals surface area contributed by atoms with E-state index < -0.39 is 0 Å². The van der Waals surface area contributed by atoms with Gasteiger partial charge in [0.2, 0.25) is 0 Å². The molecule has 0 aromatic rings. The van der Waals surface area contributed by atoms with E-state index in [4.69, 9.17) is 0 Å². The quantitative estimate of drug-likeness (QED) is 0.646. The Morgan fingerprint density at radius 1 is 1.42 bits per heavy atom. The van der Waals surface area contributed by atoms with Gasteiger partial charge in [0.15, 0.2) is 0 Å². The highest BCUT2D eigenvalue weighted by Crippen LogP contribution is 2.44. The lowest BCUT2D eigenvalue weighted by molar-refractivity contribution is 0.161. The Hall–Kier alpha value is -0.730. The van der Waals surface area contributed by atoms with Crippen molar-refractivity contribution in [1.82, 2.24) is 5.32 Å². The van der Waals surface area contributed by atoms with Crippen LogP contribution in [0.1, 0.15) is 25.7 Å². The molecule has 0 unspecified atom stereocenters. The molecule has 2 rings (SSSR count). The van der Waals surface area contributed by atoms with Gasteiger partial charge in [0, 0.05) is 6.04 Å². The average Bonchev–Trinajstić information content (AvgIpc) is 2.64. The van der Waals surface area contributed by atoms with E-state index >= 15 is 0 Å². The Kier molecular flexibility index (Phi) is 1.95. The van der Waals surface area contributed by atoms with Crippen LogP contribution in [0.2, 0.25) is 0 Å². The third-order valence-corrected chi connectivity index (χ3v) is 3.23. The van der Waals surface area contributed by atoms with Crippen molar-refractivity contribution >= 4 is 6.09 Å². The maximum absolute atomic E-state index is 10.9. The molecule has 0 aliphatic heterocycles. The largest absolute Gasteiger partial charge is 0.453 e. The van der Waals surface area contributed by atoms with Crippen LogP contribution >= 0.6 is 0 Å². The van der Waals surface area contributed by atoms with Gasteiger partial charge in [0.1, 0.15) is 0 Å². The number of fused-ring (bicyclic) bond motifs is 2. The number of hydrogen-bond donors (Lipinski definition) is 1. The number of nitrogens with one attached hydrogen (secondary N) is 1. The van der Waals surface area contributed by atoms with E-state index in [-0.39, 0.29) is 6.09 Å². The van der Waals surface area contributed by atoms with Crippen LogP contribution in [0.5, 0.6) is 0 Å². The number of alkyl carbamates (subject to hydrolysis) is 1. The molecule has 68 valence electrons. The Balaban J connectivity index is 1.86. The first-order chi connectivity index (χ1) is 5.79. The Labute approximate surface area is 72.5 Å². The molecule has 1 amide bonds. The average molecular weight is 169 g/mol. The Morgan fingerprint density at radius 3 is 2.75 bits per heavy atom. The summed E-state index contributed by atoms with van der Waals surface area (Å²) in [4.78, 5) is 10.9. The number of hydrogen-bond acceptors (Lipinski definition) is 2. The normalized spacial score (nSPS) is 38.2. The second-order valence-corrected chi connectivity index (χ2v) is 3.92. The summed E-state index contributed by atoms with van der Waals surface area (Å²) in [5.41, 5.74) is 0. The highest BCUT2D eigenvalue weighted by Gasteiger charge is 2.40. The van der Waals surface area contributed by atoms with Crippen LogP contribution in [0, 0.1) is 11.8 Å². The molecular weight excluding hydrogens is 154 g/mol. The zero-order valence-electron chi connectivity index (χ0n) is 7.38. The second-order valence-electron chi connectivity index (χ2n) is 3.92. The molecule has 12 heavy (non-hydrogen) atoms. The first-order valence-corrected chi connectivity index (χ1v) is 4.64. The molecule has 0 radical (unpaired) electrons. The van der Waals surface area contributed by atoms with Gasteiger partial charge in [0.05, 0.1) is 7.11 Å². The summed E-state index contributed by atoms with van der Waals surface area (Å²) < 4.78 is 4.57. The number of amides is 1. The van der Waals surface area contributed by atoms with Gasteiger partial charge in [-0.15, -0.1) is 0 Å². The van der Waals surface area contributed by atoms with Gasteiger partial charge in [-0.25, -0.2) is 4.79 Å². The van der Waals surface area contributed by atoms with Crippen LogP contribution in [0.15, 0.2) is 0 Å². The fourth-order valence-electron chi connectivity index (χ4n) is 2.63. The van der Waals surface area contributed by atoms with Gasteiger partial charge in [-0.2, -0.15) is 0 Å². The minimum atomic E-state index is -0.271. The van der Waals surface area contributed by atoms with Crippen LogP contribution in [0.3, 0.4) is 0 Å². The molecule has 0 aromatic carbocycles. The van der Waals surface area contributed by atoms with Gasteiger partial charge in [-0.05, 0) is 31.1 Å². The van der Waals surface area contributed by atoms with Crippen molar-refractivity contribution in [1.29, 1.82) is 0 Å². The Morgan fingerprint density at radius 2 is 2.25 bits per heavy atom. The minimum Gasteiger partial charge on any atom is -0.453 e. The van der Waals surface area contributed by atoms with Crippen molar-refractivity contribution in [2.24, 2.45) is 11.8 Å². The lowest BCUT2D eigenvalue weighted by Crippen LogP contribution is -2.38. The SMILES string of the molecule is COC(=O)N[C@H]1C[C@@H]2CC[C@H]1C2. The van der Waals surface area contributed by atoms with Crippen LogP contribution in [0.25, 0.3) is 0 Å². The highest BCUT2D eigenvalue weighted by molar-refractivity contribution is 5.67. The zero-order chi connectivity index (χ0) is 8.55. The third kappa shape index (κ3) is 1.28. The number of carbonyl (C=O) groups is 1. The smallest absolute Gasteiger partial charge is 0.407 e. The summed E-state index contributed by atoms with van der Waals surface area (Å²) in [6.45, 7) is 0. The molecule has 2 aliphatic rings. The predicted octanol–water partition coefficient (Wildman–Crippen LogP) is 1.53. The van der Waals surface area contributed by atoms with E-state index in [9.17, 15) is 4.79 Å². The van der Waals surface area contributed by atoms with Gasteiger partial charge >= 0.3 is 6.09 Å². The molecule has 0 saturated heterocycles. The molecule has 2 bridgehead atoms. The van der Waals surface area contributed by atoms with Crippen molar-refractivity contribution in [3.05, 3.63) is 0 Å². The van der Waals surface area contributed by atoms with E-state index in [1.165, 1.54) is 32.8 Å². The van der Waals surface area contributed by atoms with Gasteiger partial charge < -0.3 is 10.1 Å². The summed E-state index contributed by atoms with van der Waals surface area (Å²) in [6, 6.07) is 0.399. The summed E-state index contributed by atoms with van der Waals surface area (Å²) in [6.07, 6.45) is 4.87. The summed E-state index contributed by atoms with van der Waals surface area (Å²) in [5, 5.41) is 2.90. The molecule has 3 atom stereocenters. The van der Waals surface area contributed by atoms with E-state index in [1.54, 1.807) is 0 Å². The van der Waals surface area contributed by atoms with E-state index in [1.807, 2.05) is 0 Å². The number of methoxy groups -OCH3 is 1. The topological polar surface area (TPSA) is 38.3 Å². The predicted molar refractivity (Wildman–Crippen MR) is 44.8 cm³/mol. The molecule has 2 fully saturated rings. The molecule has 1 N–H and O–H groups in total. The van der Waals surface area contributed by atoms with Crippen LogP contribution < -0.4 is 5.32 Å². The highest BCUT2D eigenvalue weighted by atomic mass is 16.5.